The van der Waals surface area contributed by atoms with E-state index >= 15 is 0 Å². The van der Waals surface area contributed by atoms with Crippen molar-refractivity contribution in [3.8, 4) is 5.75 Å². The van der Waals surface area contributed by atoms with Crippen molar-refractivity contribution >= 4 is 28.1 Å². The highest BCUT2D eigenvalue weighted by Gasteiger charge is 2.00. The summed E-state index contributed by atoms with van der Waals surface area (Å²) in [6.07, 6.45) is 7.70. The highest BCUT2D eigenvalue weighted by atomic mass is 79.9. The molecule has 1 aromatic carbocycles. The fourth-order valence-corrected chi connectivity index (χ4v) is 1.92. The minimum Gasteiger partial charge on any atom is -0.484 e. The Kier molecular flexibility index (Phi) is 8.98. The molecule has 0 radical (unpaired) electrons. The van der Waals surface area contributed by atoms with Crippen molar-refractivity contribution < 1.29 is 9.53 Å². The maximum Gasteiger partial charge on any atom is 0.277 e. The number of hydrogen-bond acceptors (Lipinski definition) is 3. The summed E-state index contributed by atoms with van der Waals surface area (Å²) in [5.41, 5.74) is 4.97. The predicted octanol–water partition coefficient (Wildman–Crippen LogP) is 4.62. The molecular weight excluding hydrogens is 356 g/mol. The Morgan fingerprint density at radius 1 is 1.26 bits per heavy atom. The van der Waals surface area contributed by atoms with Gasteiger partial charge in [0.15, 0.2) is 6.61 Å². The number of rotatable bonds is 8. The molecule has 0 bridgehead atoms. The van der Waals surface area contributed by atoms with Crippen molar-refractivity contribution in [2.24, 2.45) is 5.10 Å². The van der Waals surface area contributed by atoms with E-state index in [4.69, 9.17) is 4.74 Å². The lowest BCUT2D eigenvalue weighted by molar-refractivity contribution is -0.123. The SMILES string of the molecule is CC(C)=CCC/C(C)=C/C=N/NC(=O)COc1ccc(Br)cc1. The van der Waals surface area contributed by atoms with Gasteiger partial charge in [-0.05, 0) is 64.0 Å². The number of ether oxygens (including phenoxy) is 1. The molecule has 0 aliphatic carbocycles. The van der Waals surface area contributed by atoms with Gasteiger partial charge in [0.1, 0.15) is 5.75 Å². The molecular formula is C18H23BrN2O2. The van der Waals surface area contributed by atoms with Gasteiger partial charge in [0.05, 0.1) is 0 Å². The van der Waals surface area contributed by atoms with Crippen LogP contribution in [0.25, 0.3) is 0 Å². The van der Waals surface area contributed by atoms with Crippen molar-refractivity contribution in [3.63, 3.8) is 0 Å². The van der Waals surface area contributed by atoms with E-state index in [1.165, 1.54) is 11.1 Å². The van der Waals surface area contributed by atoms with Crippen LogP contribution in [0.5, 0.6) is 5.75 Å². The molecule has 23 heavy (non-hydrogen) atoms. The van der Waals surface area contributed by atoms with Gasteiger partial charge in [0.2, 0.25) is 0 Å². The summed E-state index contributed by atoms with van der Waals surface area (Å²) < 4.78 is 6.31. The van der Waals surface area contributed by atoms with Gasteiger partial charge in [0.25, 0.3) is 5.91 Å². The number of hydrazone groups is 1. The monoisotopic (exact) mass is 378 g/mol. The number of halogens is 1. The molecule has 0 atom stereocenters. The highest BCUT2D eigenvalue weighted by molar-refractivity contribution is 9.10. The molecule has 0 aliphatic rings. The molecule has 1 rings (SSSR count). The molecule has 5 heteroatoms. The molecule has 1 amide bonds. The van der Waals surface area contributed by atoms with Crippen molar-refractivity contribution in [1.29, 1.82) is 0 Å². The van der Waals surface area contributed by atoms with Gasteiger partial charge in [-0.2, -0.15) is 5.10 Å². The van der Waals surface area contributed by atoms with Crippen LogP contribution in [0.2, 0.25) is 0 Å². The number of benzene rings is 1. The third kappa shape index (κ3) is 9.68. The van der Waals surface area contributed by atoms with Crippen LogP contribution < -0.4 is 10.2 Å². The molecule has 0 fully saturated rings. The summed E-state index contributed by atoms with van der Waals surface area (Å²) in [4.78, 5) is 11.6. The van der Waals surface area contributed by atoms with Gasteiger partial charge in [-0.3, -0.25) is 4.79 Å². The number of carbonyl (C=O) groups is 1. The van der Waals surface area contributed by atoms with E-state index in [0.717, 1.165) is 17.3 Å². The van der Waals surface area contributed by atoms with E-state index in [0.29, 0.717) is 5.75 Å². The Morgan fingerprint density at radius 3 is 2.61 bits per heavy atom. The van der Waals surface area contributed by atoms with Crippen molar-refractivity contribution in [3.05, 3.63) is 52.0 Å². The summed E-state index contributed by atoms with van der Waals surface area (Å²) in [6.45, 7) is 6.16. The summed E-state index contributed by atoms with van der Waals surface area (Å²) in [6, 6.07) is 7.29. The summed E-state index contributed by atoms with van der Waals surface area (Å²) in [5, 5.41) is 3.88. The van der Waals surface area contributed by atoms with E-state index in [1.54, 1.807) is 18.3 Å². The Bertz CT molecular complexity index is 586. The Labute approximate surface area is 146 Å². The van der Waals surface area contributed by atoms with Gasteiger partial charge in [0, 0.05) is 10.7 Å². The van der Waals surface area contributed by atoms with Crippen molar-refractivity contribution in [2.75, 3.05) is 6.61 Å². The van der Waals surface area contributed by atoms with Crippen molar-refractivity contribution in [1.82, 2.24) is 5.43 Å². The Balaban J connectivity index is 2.26. The fraction of sp³-hybridized carbons (Fsp3) is 0.333. The number of carbonyl (C=O) groups excluding carboxylic acids is 1. The van der Waals surface area contributed by atoms with Crippen LogP contribution in [0.4, 0.5) is 0 Å². The second-order valence-electron chi connectivity index (χ2n) is 5.39. The Hall–Kier alpha value is -1.88. The maximum atomic E-state index is 11.6. The highest BCUT2D eigenvalue weighted by Crippen LogP contribution is 2.15. The smallest absolute Gasteiger partial charge is 0.277 e. The van der Waals surface area contributed by atoms with Crippen LogP contribution in [0.1, 0.15) is 33.6 Å². The van der Waals surface area contributed by atoms with Crippen molar-refractivity contribution in [2.45, 2.75) is 33.6 Å². The van der Waals surface area contributed by atoms with Crippen LogP contribution in [0.3, 0.4) is 0 Å². The van der Waals surface area contributed by atoms with Crippen LogP contribution in [-0.4, -0.2) is 18.7 Å². The number of nitrogens with zero attached hydrogens (tertiary/aromatic N) is 1. The van der Waals surface area contributed by atoms with Gasteiger partial charge >= 0.3 is 0 Å². The van der Waals surface area contributed by atoms with Gasteiger partial charge in [-0.15, -0.1) is 0 Å². The summed E-state index contributed by atoms with van der Waals surface area (Å²) in [5.74, 6) is 0.349. The second kappa shape index (κ2) is 10.8. The second-order valence-corrected chi connectivity index (χ2v) is 6.30. The van der Waals surface area contributed by atoms with Crippen LogP contribution in [0, 0.1) is 0 Å². The lowest BCUT2D eigenvalue weighted by Crippen LogP contribution is -2.24. The molecule has 0 aliphatic heterocycles. The first-order chi connectivity index (χ1) is 11.0. The average Bonchev–Trinajstić information content (AvgIpc) is 2.50. The number of hydrogen-bond donors (Lipinski definition) is 1. The quantitative estimate of drug-likeness (QED) is 0.407. The normalized spacial score (nSPS) is 11.4. The topological polar surface area (TPSA) is 50.7 Å². The lowest BCUT2D eigenvalue weighted by atomic mass is 10.1. The number of nitrogens with one attached hydrogen (secondary N) is 1. The Morgan fingerprint density at radius 2 is 1.96 bits per heavy atom. The standard InChI is InChI=1S/C18H23BrN2O2/c1-14(2)5-4-6-15(3)11-12-20-21-18(22)13-23-17-9-7-16(19)8-10-17/h5,7-12H,4,6,13H2,1-3H3,(H,21,22)/b15-11+,20-12+. The van der Waals surface area contributed by atoms with E-state index in [9.17, 15) is 4.79 Å². The van der Waals surface area contributed by atoms with E-state index < -0.39 is 0 Å². The van der Waals surface area contributed by atoms with Crippen LogP contribution in [-0.2, 0) is 4.79 Å². The van der Waals surface area contributed by atoms with Gasteiger partial charge in [-0.1, -0.05) is 33.2 Å². The molecule has 0 saturated carbocycles. The largest absolute Gasteiger partial charge is 0.484 e. The summed E-state index contributed by atoms with van der Waals surface area (Å²) in [7, 11) is 0. The molecule has 4 nitrogen and oxygen atoms in total. The first-order valence-corrected chi connectivity index (χ1v) is 8.26. The number of amides is 1. The summed E-state index contributed by atoms with van der Waals surface area (Å²) >= 11 is 3.34. The molecule has 0 spiro atoms. The van der Waals surface area contributed by atoms with Crippen LogP contribution >= 0.6 is 15.9 Å². The van der Waals surface area contributed by atoms with E-state index in [1.807, 2.05) is 25.1 Å². The zero-order valence-electron chi connectivity index (χ0n) is 13.8. The molecule has 1 aromatic rings. The maximum absolute atomic E-state index is 11.6. The average molecular weight is 379 g/mol. The predicted molar refractivity (Wildman–Crippen MR) is 98.7 cm³/mol. The third-order valence-electron chi connectivity index (χ3n) is 2.90. The molecule has 124 valence electrons. The molecule has 0 unspecified atom stereocenters. The fourth-order valence-electron chi connectivity index (χ4n) is 1.66. The first-order valence-electron chi connectivity index (χ1n) is 7.47. The third-order valence-corrected chi connectivity index (χ3v) is 3.43. The zero-order valence-corrected chi connectivity index (χ0v) is 15.4. The van der Waals surface area contributed by atoms with Crippen LogP contribution in [0.15, 0.2) is 57.1 Å². The molecule has 0 saturated heterocycles. The number of allylic oxidation sites excluding steroid dienone is 4. The minimum atomic E-state index is -0.292. The van der Waals surface area contributed by atoms with E-state index in [-0.39, 0.29) is 12.5 Å². The first kappa shape index (κ1) is 19.2. The lowest BCUT2D eigenvalue weighted by Gasteiger charge is -2.04. The molecule has 0 heterocycles. The zero-order chi connectivity index (χ0) is 17.1. The van der Waals surface area contributed by atoms with Gasteiger partial charge < -0.3 is 4.74 Å². The molecule has 1 N–H and O–H groups in total. The molecule has 0 aromatic heterocycles. The van der Waals surface area contributed by atoms with Gasteiger partial charge in [-0.25, -0.2) is 5.43 Å². The minimum absolute atomic E-state index is 0.0672. The van der Waals surface area contributed by atoms with E-state index in [2.05, 4.69) is 46.4 Å².